The van der Waals surface area contributed by atoms with Gasteiger partial charge in [-0.3, -0.25) is 4.79 Å². The van der Waals surface area contributed by atoms with E-state index in [0.29, 0.717) is 19.1 Å². The predicted octanol–water partition coefficient (Wildman–Crippen LogP) is 6.18. The number of carbonyl (C=O) groups is 1. The summed E-state index contributed by atoms with van der Waals surface area (Å²) in [5, 5.41) is 3.16. The lowest BCUT2D eigenvalue weighted by Crippen LogP contribution is -2.32. The third kappa shape index (κ3) is 5.99. The molecule has 0 unspecified atom stereocenters. The van der Waals surface area contributed by atoms with Crippen molar-refractivity contribution < 1.29 is 9.53 Å². The maximum absolute atomic E-state index is 12.4. The van der Waals surface area contributed by atoms with E-state index in [0.717, 1.165) is 54.8 Å². The molecule has 1 aromatic heterocycles. The molecular formula is C29H39N3O2. The van der Waals surface area contributed by atoms with Gasteiger partial charge in [-0.2, -0.15) is 0 Å². The molecule has 1 aliphatic rings. The first-order chi connectivity index (χ1) is 16.5. The second-order valence-corrected chi connectivity index (χ2v) is 9.94. The van der Waals surface area contributed by atoms with Gasteiger partial charge in [0.1, 0.15) is 18.2 Å². The van der Waals surface area contributed by atoms with Crippen LogP contribution < -0.4 is 10.1 Å². The molecule has 1 heterocycles. The Labute approximate surface area is 203 Å². The summed E-state index contributed by atoms with van der Waals surface area (Å²) in [6, 6.07) is 14.8. The van der Waals surface area contributed by atoms with Gasteiger partial charge in [-0.05, 0) is 61.4 Å². The Morgan fingerprint density at radius 2 is 1.94 bits per heavy atom. The summed E-state index contributed by atoms with van der Waals surface area (Å²) in [5.74, 6) is 2.91. The average molecular weight is 462 g/mol. The maximum atomic E-state index is 12.4. The molecule has 1 amide bonds. The standard InChI is InChI=1S/C29H39N3O2/c1-21(2)24-16-15-22(3)20-27(24)34-19-18-32-26-13-8-7-12-25(26)31-28(32)14-9-17-30-29(33)23-10-5-4-6-11-23/h7-8,12-13,15-16,20-21,23H,4-6,9-11,14,17-19H2,1-3H3,(H,30,33). The minimum atomic E-state index is 0.216. The first kappa shape index (κ1) is 24.3. The zero-order valence-corrected chi connectivity index (χ0v) is 21.0. The van der Waals surface area contributed by atoms with Crippen molar-refractivity contribution in [3.63, 3.8) is 0 Å². The van der Waals surface area contributed by atoms with Crippen molar-refractivity contribution in [3.05, 3.63) is 59.4 Å². The number of fused-ring (bicyclic) bond motifs is 1. The van der Waals surface area contributed by atoms with E-state index in [1.54, 1.807) is 0 Å². The Morgan fingerprint density at radius 1 is 1.15 bits per heavy atom. The monoisotopic (exact) mass is 461 g/mol. The molecule has 0 bridgehead atoms. The van der Waals surface area contributed by atoms with Crippen molar-refractivity contribution in [2.24, 2.45) is 5.92 Å². The predicted molar refractivity (Wildman–Crippen MR) is 138 cm³/mol. The molecule has 1 N–H and O–H groups in total. The number of para-hydroxylation sites is 2. The minimum Gasteiger partial charge on any atom is -0.491 e. The van der Waals surface area contributed by atoms with E-state index in [2.05, 4.69) is 67.1 Å². The summed E-state index contributed by atoms with van der Waals surface area (Å²) in [5.41, 5.74) is 4.61. The summed E-state index contributed by atoms with van der Waals surface area (Å²) in [4.78, 5) is 17.3. The normalized spacial score (nSPS) is 14.6. The Morgan fingerprint density at radius 3 is 2.74 bits per heavy atom. The molecule has 182 valence electrons. The molecular weight excluding hydrogens is 422 g/mol. The van der Waals surface area contributed by atoms with Crippen LogP contribution >= 0.6 is 0 Å². The van der Waals surface area contributed by atoms with Gasteiger partial charge in [-0.15, -0.1) is 0 Å². The van der Waals surface area contributed by atoms with E-state index in [9.17, 15) is 4.79 Å². The maximum Gasteiger partial charge on any atom is 0.223 e. The largest absolute Gasteiger partial charge is 0.491 e. The number of hydrogen-bond donors (Lipinski definition) is 1. The summed E-state index contributed by atoms with van der Waals surface area (Å²) in [7, 11) is 0. The van der Waals surface area contributed by atoms with Crippen molar-refractivity contribution in [2.45, 2.75) is 78.2 Å². The number of imidazole rings is 1. The van der Waals surface area contributed by atoms with E-state index in [4.69, 9.17) is 9.72 Å². The Kier molecular flexibility index (Phi) is 8.25. The fraction of sp³-hybridized carbons (Fsp3) is 0.517. The van der Waals surface area contributed by atoms with Crippen molar-refractivity contribution in [1.29, 1.82) is 0 Å². The van der Waals surface area contributed by atoms with Crippen molar-refractivity contribution in [2.75, 3.05) is 13.2 Å². The highest BCUT2D eigenvalue weighted by Gasteiger charge is 2.20. The fourth-order valence-electron chi connectivity index (χ4n) is 5.02. The van der Waals surface area contributed by atoms with Crippen LogP contribution in [-0.4, -0.2) is 28.6 Å². The molecule has 0 atom stereocenters. The number of hydrogen-bond acceptors (Lipinski definition) is 3. The second-order valence-electron chi connectivity index (χ2n) is 9.94. The van der Waals surface area contributed by atoms with E-state index < -0.39 is 0 Å². The zero-order valence-electron chi connectivity index (χ0n) is 21.0. The molecule has 0 aliphatic heterocycles. The highest BCUT2D eigenvalue weighted by Crippen LogP contribution is 2.28. The van der Waals surface area contributed by atoms with Crippen LogP contribution in [0.3, 0.4) is 0 Å². The molecule has 4 rings (SSSR count). The topological polar surface area (TPSA) is 56.1 Å². The molecule has 5 heteroatoms. The molecule has 1 saturated carbocycles. The number of aromatic nitrogens is 2. The summed E-state index contributed by atoms with van der Waals surface area (Å²) in [6.45, 7) is 8.55. The van der Waals surface area contributed by atoms with Gasteiger partial charge in [0, 0.05) is 18.9 Å². The molecule has 5 nitrogen and oxygen atoms in total. The first-order valence-electron chi connectivity index (χ1n) is 13.0. The molecule has 34 heavy (non-hydrogen) atoms. The first-order valence-corrected chi connectivity index (χ1v) is 13.0. The average Bonchev–Trinajstić information content (AvgIpc) is 3.19. The number of carbonyl (C=O) groups excluding carboxylic acids is 1. The zero-order chi connectivity index (χ0) is 23.9. The molecule has 3 aromatic rings. The van der Waals surface area contributed by atoms with E-state index in [1.165, 1.54) is 30.4 Å². The fourth-order valence-corrected chi connectivity index (χ4v) is 5.02. The van der Waals surface area contributed by atoms with E-state index in [-0.39, 0.29) is 11.8 Å². The van der Waals surface area contributed by atoms with E-state index in [1.807, 2.05) is 6.07 Å². The van der Waals surface area contributed by atoms with E-state index >= 15 is 0 Å². The molecule has 0 saturated heterocycles. The number of amides is 1. The number of ether oxygens (including phenoxy) is 1. The van der Waals surface area contributed by atoms with Crippen LogP contribution in [0.2, 0.25) is 0 Å². The van der Waals surface area contributed by atoms with Gasteiger partial charge in [0.05, 0.1) is 17.6 Å². The smallest absolute Gasteiger partial charge is 0.223 e. The highest BCUT2D eigenvalue weighted by atomic mass is 16.5. The van der Waals surface area contributed by atoms with Crippen LogP contribution in [0.5, 0.6) is 5.75 Å². The minimum absolute atomic E-state index is 0.216. The van der Waals surface area contributed by atoms with Gasteiger partial charge in [0.25, 0.3) is 0 Å². The SMILES string of the molecule is Cc1ccc(C(C)C)c(OCCn2c(CCCNC(=O)C3CCCCC3)nc3ccccc32)c1. The third-order valence-electron chi connectivity index (χ3n) is 6.95. The van der Waals surface area contributed by atoms with Crippen LogP contribution in [-0.2, 0) is 17.8 Å². The van der Waals surface area contributed by atoms with Gasteiger partial charge >= 0.3 is 0 Å². The van der Waals surface area contributed by atoms with Gasteiger partial charge in [-0.1, -0.05) is 57.4 Å². The van der Waals surface area contributed by atoms with Gasteiger partial charge in [0.15, 0.2) is 0 Å². The van der Waals surface area contributed by atoms with Gasteiger partial charge in [0.2, 0.25) is 5.91 Å². The number of nitrogens with zero attached hydrogens (tertiary/aromatic N) is 2. The molecule has 2 aromatic carbocycles. The number of aryl methyl sites for hydroxylation is 2. The van der Waals surface area contributed by atoms with Crippen LogP contribution in [0.15, 0.2) is 42.5 Å². The lowest BCUT2D eigenvalue weighted by Gasteiger charge is -2.20. The Balaban J connectivity index is 1.37. The van der Waals surface area contributed by atoms with Crippen LogP contribution in [0.25, 0.3) is 11.0 Å². The summed E-state index contributed by atoms with van der Waals surface area (Å²) >= 11 is 0. The number of benzene rings is 2. The third-order valence-corrected chi connectivity index (χ3v) is 6.95. The Bertz CT molecular complexity index is 1100. The number of rotatable bonds is 10. The molecule has 1 fully saturated rings. The number of nitrogens with one attached hydrogen (secondary N) is 1. The summed E-state index contributed by atoms with van der Waals surface area (Å²) in [6.07, 6.45) is 7.45. The molecule has 0 radical (unpaired) electrons. The molecule has 0 spiro atoms. The van der Waals surface area contributed by atoms with Crippen molar-refractivity contribution in [3.8, 4) is 5.75 Å². The highest BCUT2D eigenvalue weighted by molar-refractivity contribution is 5.78. The Hall–Kier alpha value is -2.82. The lowest BCUT2D eigenvalue weighted by molar-refractivity contribution is -0.125. The van der Waals surface area contributed by atoms with Crippen LogP contribution in [0.4, 0.5) is 0 Å². The summed E-state index contributed by atoms with van der Waals surface area (Å²) < 4.78 is 8.56. The second kappa shape index (κ2) is 11.5. The quantitative estimate of drug-likeness (QED) is 0.367. The van der Waals surface area contributed by atoms with Gasteiger partial charge < -0.3 is 14.6 Å². The molecule has 1 aliphatic carbocycles. The van der Waals surface area contributed by atoms with Crippen LogP contribution in [0, 0.1) is 12.8 Å². The van der Waals surface area contributed by atoms with Gasteiger partial charge in [-0.25, -0.2) is 4.98 Å². The van der Waals surface area contributed by atoms with Crippen molar-refractivity contribution >= 4 is 16.9 Å². The van der Waals surface area contributed by atoms with Crippen molar-refractivity contribution in [1.82, 2.24) is 14.9 Å². The lowest BCUT2D eigenvalue weighted by atomic mass is 9.89. The van der Waals surface area contributed by atoms with Crippen LogP contribution in [0.1, 0.15) is 75.2 Å².